The lowest BCUT2D eigenvalue weighted by Gasteiger charge is -2.24. The van der Waals surface area contributed by atoms with Crippen molar-refractivity contribution < 1.29 is 9.53 Å². The van der Waals surface area contributed by atoms with E-state index in [1.807, 2.05) is 24.3 Å². The van der Waals surface area contributed by atoms with Gasteiger partial charge in [-0.25, -0.2) is 9.50 Å². The number of rotatable bonds is 5. The number of Topliss-reactive ketones (excluding diaryl/α,β-unsaturated/α-hetero) is 1. The van der Waals surface area contributed by atoms with Crippen molar-refractivity contribution in [2.75, 3.05) is 7.11 Å². The maximum atomic E-state index is 13.0. The molecule has 1 aliphatic rings. The number of aromatic nitrogens is 4. The normalized spacial score (nSPS) is 15.6. The molecule has 3 aromatic carbocycles. The summed E-state index contributed by atoms with van der Waals surface area (Å²) in [5.74, 6) is 2.19. The Kier molecular flexibility index (Phi) is 5.26. The van der Waals surface area contributed by atoms with Crippen molar-refractivity contribution in [1.82, 2.24) is 19.6 Å². The van der Waals surface area contributed by atoms with Crippen LogP contribution < -0.4 is 4.74 Å². The number of para-hydroxylation sites is 1. The summed E-state index contributed by atoms with van der Waals surface area (Å²) < 4.78 is 7.16. The predicted octanol–water partition coefficient (Wildman–Crippen LogP) is 5.49. The number of hydrogen-bond acceptors (Lipinski definition) is 6. The molecule has 5 aromatic rings. The van der Waals surface area contributed by atoms with Crippen molar-refractivity contribution in [3.63, 3.8) is 0 Å². The number of carbonyl (C=O) groups is 1. The van der Waals surface area contributed by atoms with Gasteiger partial charge in [-0.15, -0.1) is 5.10 Å². The third-order valence-electron chi connectivity index (χ3n) is 6.38. The first-order valence-electron chi connectivity index (χ1n) is 11.2. The summed E-state index contributed by atoms with van der Waals surface area (Å²) in [6, 6.07) is 22.6. The molecule has 0 spiro atoms. The Hall–Kier alpha value is -3.71. The van der Waals surface area contributed by atoms with Crippen molar-refractivity contribution in [2.45, 2.75) is 29.7 Å². The van der Waals surface area contributed by atoms with Gasteiger partial charge in [-0.05, 0) is 34.4 Å². The third kappa shape index (κ3) is 3.72. The van der Waals surface area contributed by atoms with E-state index in [0.717, 1.165) is 22.8 Å². The lowest BCUT2D eigenvalue weighted by atomic mass is 9.82. The van der Waals surface area contributed by atoms with Gasteiger partial charge in [0.2, 0.25) is 5.16 Å². The Morgan fingerprint density at radius 1 is 1.00 bits per heavy atom. The Morgan fingerprint density at radius 3 is 2.74 bits per heavy atom. The first-order chi connectivity index (χ1) is 16.7. The minimum atomic E-state index is 0.0363. The second-order valence-electron chi connectivity index (χ2n) is 8.44. The summed E-state index contributed by atoms with van der Waals surface area (Å²) in [6.45, 7) is 0. The molecule has 0 N–H and O–H groups in total. The number of ketones is 1. The summed E-state index contributed by atoms with van der Waals surface area (Å²) in [5.41, 5.74) is 3.69. The molecule has 0 aliphatic heterocycles. The van der Waals surface area contributed by atoms with E-state index in [1.54, 1.807) is 29.6 Å². The number of ether oxygens (including phenoxy) is 1. The minimum Gasteiger partial charge on any atom is -0.496 e. The first-order valence-corrected chi connectivity index (χ1v) is 12.2. The molecule has 34 heavy (non-hydrogen) atoms. The summed E-state index contributed by atoms with van der Waals surface area (Å²) >= 11 is 1.58. The van der Waals surface area contributed by atoms with Gasteiger partial charge in [0, 0.05) is 24.3 Å². The molecule has 1 atom stereocenters. The highest BCUT2D eigenvalue weighted by Crippen LogP contribution is 2.36. The van der Waals surface area contributed by atoms with Gasteiger partial charge in [0.1, 0.15) is 5.75 Å². The van der Waals surface area contributed by atoms with Crippen molar-refractivity contribution >= 4 is 34.1 Å². The highest BCUT2D eigenvalue weighted by Gasteiger charge is 2.30. The van der Waals surface area contributed by atoms with E-state index in [1.165, 1.54) is 16.3 Å². The zero-order valence-corrected chi connectivity index (χ0v) is 19.5. The van der Waals surface area contributed by atoms with Crippen LogP contribution in [0.1, 0.15) is 39.5 Å². The summed E-state index contributed by atoms with van der Waals surface area (Å²) in [5, 5.41) is 7.70. The second kappa shape index (κ2) is 8.57. The summed E-state index contributed by atoms with van der Waals surface area (Å²) in [6.07, 6.45) is 2.88. The van der Waals surface area contributed by atoms with Gasteiger partial charge >= 0.3 is 0 Å². The number of thioether (sulfide) groups is 1. The van der Waals surface area contributed by atoms with Crippen LogP contribution in [0.3, 0.4) is 0 Å². The topological polar surface area (TPSA) is 69.4 Å². The van der Waals surface area contributed by atoms with Crippen LogP contribution in [0.25, 0.3) is 16.6 Å². The fourth-order valence-corrected chi connectivity index (χ4v) is 5.54. The highest BCUT2D eigenvalue weighted by molar-refractivity contribution is 7.98. The van der Waals surface area contributed by atoms with Crippen LogP contribution in [-0.4, -0.2) is 32.5 Å². The molecule has 0 fully saturated rings. The SMILES string of the molecule is COc1ccccc1[C@@H]1CC(=O)c2cn3nc(SCc4cccc5ccccc45)nc3nc2C1. The largest absolute Gasteiger partial charge is 0.496 e. The molecule has 0 amide bonds. The zero-order valence-electron chi connectivity index (χ0n) is 18.6. The smallest absolute Gasteiger partial charge is 0.253 e. The number of benzene rings is 3. The lowest BCUT2D eigenvalue weighted by molar-refractivity contribution is 0.0962. The maximum Gasteiger partial charge on any atom is 0.253 e. The molecule has 7 heteroatoms. The molecule has 0 bridgehead atoms. The first kappa shape index (κ1) is 20.9. The number of carbonyl (C=O) groups excluding carboxylic acids is 1. The molecule has 6 nitrogen and oxygen atoms in total. The monoisotopic (exact) mass is 466 g/mol. The average molecular weight is 467 g/mol. The molecule has 0 unspecified atom stereocenters. The van der Waals surface area contributed by atoms with Gasteiger partial charge in [0.15, 0.2) is 5.78 Å². The highest BCUT2D eigenvalue weighted by atomic mass is 32.2. The van der Waals surface area contributed by atoms with Gasteiger partial charge in [0.25, 0.3) is 5.78 Å². The molecule has 168 valence electrons. The Labute approximate surface area is 201 Å². The van der Waals surface area contributed by atoms with Crippen molar-refractivity contribution in [3.05, 3.63) is 95.3 Å². The van der Waals surface area contributed by atoms with Crippen LogP contribution in [0.4, 0.5) is 0 Å². The Morgan fingerprint density at radius 2 is 1.82 bits per heavy atom. The van der Waals surface area contributed by atoms with Crippen LogP contribution in [-0.2, 0) is 12.2 Å². The van der Waals surface area contributed by atoms with Crippen LogP contribution >= 0.6 is 11.8 Å². The van der Waals surface area contributed by atoms with E-state index in [9.17, 15) is 4.79 Å². The van der Waals surface area contributed by atoms with Crippen LogP contribution in [0.15, 0.2) is 78.1 Å². The molecule has 6 rings (SSSR count). The molecular weight excluding hydrogens is 444 g/mol. The predicted molar refractivity (Wildman–Crippen MR) is 133 cm³/mol. The fraction of sp³-hybridized carbons (Fsp3) is 0.185. The minimum absolute atomic E-state index is 0.0363. The van der Waals surface area contributed by atoms with Gasteiger partial charge in [-0.1, -0.05) is 72.4 Å². The third-order valence-corrected chi connectivity index (χ3v) is 7.26. The van der Waals surface area contributed by atoms with E-state index in [4.69, 9.17) is 9.72 Å². The standard InChI is InChI=1S/C27H22N4O2S/c1-33-25-12-5-4-11-21(25)19-13-23-22(24(32)14-19)15-31-26(28-23)29-27(30-31)34-16-18-9-6-8-17-7-2-3-10-20(17)18/h2-12,15,19H,13-14,16H2,1H3/t19-/m0/s1. The molecule has 0 saturated carbocycles. The van der Waals surface area contributed by atoms with Gasteiger partial charge in [-0.2, -0.15) is 4.98 Å². The van der Waals surface area contributed by atoms with Crippen molar-refractivity contribution in [3.8, 4) is 5.75 Å². The number of nitrogens with zero attached hydrogens (tertiary/aromatic N) is 4. The number of fused-ring (bicyclic) bond motifs is 3. The average Bonchev–Trinajstić information content (AvgIpc) is 3.28. The van der Waals surface area contributed by atoms with Gasteiger partial charge < -0.3 is 4.74 Å². The van der Waals surface area contributed by atoms with Crippen molar-refractivity contribution in [2.24, 2.45) is 0 Å². The Balaban J connectivity index is 1.28. The van der Waals surface area contributed by atoms with Crippen LogP contribution in [0.5, 0.6) is 5.75 Å². The van der Waals surface area contributed by atoms with E-state index in [0.29, 0.717) is 29.3 Å². The van der Waals surface area contributed by atoms with E-state index in [-0.39, 0.29) is 11.7 Å². The molecule has 0 radical (unpaired) electrons. The molecule has 1 aliphatic carbocycles. The number of hydrogen-bond donors (Lipinski definition) is 0. The van der Waals surface area contributed by atoms with Crippen LogP contribution in [0.2, 0.25) is 0 Å². The summed E-state index contributed by atoms with van der Waals surface area (Å²) in [4.78, 5) is 22.4. The van der Waals surface area contributed by atoms with Crippen LogP contribution in [0, 0.1) is 0 Å². The fourth-order valence-electron chi connectivity index (χ4n) is 4.71. The molecular formula is C27H22N4O2S. The van der Waals surface area contributed by atoms with E-state index in [2.05, 4.69) is 52.5 Å². The quantitative estimate of drug-likeness (QED) is 0.319. The summed E-state index contributed by atoms with van der Waals surface area (Å²) in [7, 11) is 1.66. The number of methoxy groups -OCH3 is 1. The lowest BCUT2D eigenvalue weighted by Crippen LogP contribution is -2.21. The zero-order chi connectivity index (χ0) is 23.1. The van der Waals surface area contributed by atoms with Gasteiger partial charge in [-0.3, -0.25) is 4.79 Å². The molecule has 0 saturated heterocycles. The van der Waals surface area contributed by atoms with E-state index >= 15 is 0 Å². The maximum absolute atomic E-state index is 13.0. The molecule has 2 aromatic heterocycles. The van der Waals surface area contributed by atoms with Gasteiger partial charge in [0.05, 0.1) is 18.4 Å². The Bertz CT molecular complexity index is 1540. The molecule has 2 heterocycles. The van der Waals surface area contributed by atoms with Crippen molar-refractivity contribution in [1.29, 1.82) is 0 Å². The second-order valence-corrected chi connectivity index (χ2v) is 9.38. The van der Waals surface area contributed by atoms with E-state index < -0.39 is 0 Å².